The number of carbonyl (C=O) groups excluding carboxylic acids is 1. The van der Waals surface area contributed by atoms with Crippen LogP contribution < -0.4 is 5.73 Å². The van der Waals surface area contributed by atoms with Gasteiger partial charge in [-0.3, -0.25) is 4.79 Å². The van der Waals surface area contributed by atoms with Crippen LogP contribution in [0.3, 0.4) is 0 Å². The highest BCUT2D eigenvalue weighted by Crippen LogP contribution is 2.20. The van der Waals surface area contributed by atoms with E-state index >= 15 is 0 Å². The molecule has 0 fully saturated rings. The van der Waals surface area contributed by atoms with Gasteiger partial charge >= 0.3 is 0 Å². The van der Waals surface area contributed by atoms with Gasteiger partial charge in [-0.25, -0.2) is 0 Å². The Kier molecular flexibility index (Phi) is 4.15. The maximum absolute atomic E-state index is 11.0. The maximum atomic E-state index is 11.0. The Morgan fingerprint density at radius 1 is 1.21 bits per heavy atom. The minimum absolute atomic E-state index is 0.523. The number of hydrogen-bond donors (Lipinski definition) is 1. The third-order valence-electron chi connectivity index (χ3n) is 3.32. The molecular weight excluding hydrogens is 236 g/mol. The molecule has 3 nitrogen and oxygen atoms in total. The highest BCUT2D eigenvalue weighted by atomic mass is 16.1. The summed E-state index contributed by atoms with van der Waals surface area (Å²) >= 11 is 0. The average molecular weight is 252 g/mol. The van der Waals surface area contributed by atoms with Crippen molar-refractivity contribution in [3.63, 3.8) is 0 Å². The monoisotopic (exact) mass is 252 g/mol. The standard InChI is InChI=1S/C16H16N2O/c17-11-14(16(18)19)9-4-8-13-7-3-6-12-5-1-2-10-15(12)13/h1-3,5-7,10,14H,4,8-9H2,(H2,18,19). The SMILES string of the molecule is N#CC(CCCc1cccc2ccccc12)C(N)=O. The first-order valence-electron chi connectivity index (χ1n) is 6.38. The van der Waals surface area contributed by atoms with Gasteiger partial charge in [-0.15, -0.1) is 0 Å². The fourth-order valence-corrected chi connectivity index (χ4v) is 2.28. The normalized spacial score (nSPS) is 11.9. The number of nitrogens with two attached hydrogens (primary N) is 1. The van der Waals surface area contributed by atoms with Crippen molar-refractivity contribution in [2.24, 2.45) is 11.7 Å². The molecule has 3 heteroatoms. The molecule has 1 atom stereocenters. The van der Waals surface area contributed by atoms with E-state index in [1.165, 1.54) is 16.3 Å². The van der Waals surface area contributed by atoms with Crippen molar-refractivity contribution in [3.8, 4) is 6.07 Å². The first kappa shape index (κ1) is 13.1. The minimum Gasteiger partial charge on any atom is -0.369 e. The van der Waals surface area contributed by atoms with Crippen LogP contribution in [0.25, 0.3) is 10.8 Å². The molecule has 0 saturated carbocycles. The van der Waals surface area contributed by atoms with Crippen LogP contribution in [0.1, 0.15) is 18.4 Å². The number of aryl methyl sites for hydroxylation is 1. The molecule has 0 aromatic heterocycles. The van der Waals surface area contributed by atoms with Crippen molar-refractivity contribution in [3.05, 3.63) is 48.0 Å². The molecule has 0 bridgehead atoms. The van der Waals surface area contributed by atoms with Crippen LogP contribution >= 0.6 is 0 Å². The number of nitrogens with zero attached hydrogens (tertiary/aromatic N) is 1. The molecule has 0 aliphatic heterocycles. The summed E-state index contributed by atoms with van der Waals surface area (Å²) in [4.78, 5) is 11.0. The van der Waals surface area contributed by atoms with E-state index in [0.717, 1.165) is 12.8 Å². The van der Waals surface area contributed by atoms with E-state index in [9.17, 15) is 4.79 Å². The fraction of sp³-hybridized carbons (Fsp3) is 0.250. The number of rotatable bonds is 5. The van der Waals surface area contributed by atoms with Crippen molar-refractivity contribution >= 4 is 16.7 Å². The van der Waals surface area contributed by atoms with Crippen LogP contribution in [0.15, 0.2) is 42.5 Å². The summed E-state index contributed by atoms with van der Waals surface area (Å²) in [7, 11) is 0. The van der Waals surface area contributed by atoms with Crippen LogP contribution in [-0.4, -0.2) is 5.91 Å². The first-order valence-corrected chi connectivity index (χ1v) is 6.38. The van der Waals surface area contributed by atoms with E-state index in [1.807, 2.05) is 24.3 Å². The predicted octanol–water partition coefficient (Wildman–Crippen LogP) is 2.79. The van der Waals surface area contributed by atoms with Gasteiger partial charge < -0.3 is 5.73 Å². The van der Waals surface area contributed by atoms with Crippen LogP contribution in [0, 0.1) is 17.2 Å². The minimum atomic E-state index is -0.671. The summed E-state index contributed by atoms with van der Waals surface area (Å²) in [6.45, 7) is 0. The van der Waals surface area contributed by atoms with Crippen LogP contribution in [0.5, 0.6) is 0 Å². The van der Waals surface area contributed by atoms with Gasteiger partial charge in [-0.1, -0.05) is 42.5 Å². The number of primary amides is 1. The Labute approximate surface area is 112 Å². The summed E-state index contributed by atoms with van der Waals surface area (Å²) in [5, 5.41) is 11.3. The number of nitriles is 1. The zero-order valence-corrected chi connectivity index (χ0v) is 10.7. The van der Waals surface area contributed by atoms with Crippen molar-refractivity contribution < 1.29 is 4.79 Å². The maximum Gasteiger partial charge on any atom is 0.234 e. The highest BCUT2D eigenvalue weighted by Gasteiger charge is 2.13. The lowest BCUT2D eigenvalue weighted by molar-refractivity contribution is -0.120. The second-order valence-electron chi connectivity index (χ2n) is 4.61. The van der Waals surface area contributed by atoms with Gasteiger partial charge in [0.25, 0.3) is 0 Å². The van der Waals surface area contributed by atoms with Crippen LogP contribution in [-0.2, 0) is 11.2 Å². The second-order valence-corrected chi connectivity index (χ2v) is 4.61. The molecule has 0 spiro atoms. The lowest BCUT2D eigenvalue weighted by Gasteiger charge is -2.07. The molecule has 1 amide bonds. The number of fused-ring (bicyclic) bond motifs is 1. The fourth-order valence-electron chi connectivity index (χ4n) is 2.28. The Balaban J connectivity index is 2.07. The van der Waals surface area contributed by atoms with Gasteiger partial charge in [-0.05, 0) is 35.6 Å². The van der Waals surface area contributed by atoms with Crippen LogP contribution in [0.4, 0.5) is 0 Å². The van der Waals surface area contributed by atoms with Gasteiger partial charge in [0.1, 0.15) is 5.92 Å². The molecule has 2 N–H and O–H groups in total. The third-order valence-corrected chi connectivity index (χ3v) is 3.32. The lowest BCUT2D eigenvalue weighted by Crippen LogP contribution is -2.21. The van der Waals surface area contributed by atoms with Gasteiger partial charge in [0.05, 0.1) is 6.07 Å². The van der Waals surface area contributed by atoms with Crippen molar-refractivity contribution in [1.82, 2.24) is 0 Å². The summed E-state index contributed by atoms with van der Waals surface area (Å²) in [6, 6.07) is 16.4. The summed E-state index contributed by atoms with van der Waals surface area (Å²) in [5.74, 6) is -1.20. The Morgan fingerprint density at radius 2 is 1.95 bits per heavy atom. The number of hydrogen-bond acceptors (Lipinski definition) is 2. The Hall–Kier alpha value is -2.34. The predicted molar refractivity (Wildman–Crippen MR) is 75.2 cm³/mol. The molecule has 2 aromatic rings. The van der Waals surface area contributed by atoms with Crippen molar-refractivity contribution in [2.75, 3.05) is 0 Å². The summed E-state index contributed by atoms with van der Waals surface area (Å²) in [6.07, 6.45) is 2.16. The van der Waals surface area contributed by atoms with Gasteiger partial charge in [0.15, 0.2) is 0 Å². The molecule has 19 heavy (non-hydrogen) atoms. The van der Waals surface area contributed by atoms with E-state index in [4.69, 9.17) is 11.0 Å². The van der Waals surface area contributed by atoms with E-state index in [0.29, 0.717) is 6.42 Å². The van der Waals surface area contributed by atoms with E-state index in [-0.39, 0.29) is 0 Å². The number of benzene rings is 2. The molecular formula is C16H16N2O. The molecule has 1 unspecified atom stereocenters. The second kappa shape index (κ2) is 6.01. The summed E-state index contributed by atoms with van der Waals surface area (Å²) < 4.78 is 0. The molecule has 2 rings (SSSR count). The smallest absolute Gasteiger partial charge is 0.234 e. The Bertz CT molecular complexity index is 623. The topological polar surface area (TPSA) is 66.9 Å². The molecule has 96 valence electrons. The third kappa shape index (κ3) is 3.11. The zero-order chi connectivity index (χ0) is 13.7. The molecule has 2 aromatic carbocycles. The zero-order valence-electron chi connectivity index (χ0n) is 10.7. The molecule has 0 radical (unpaired) electrons. The summed E-state index contributed by atoms with van der Waals surface area (Å²) in [5.41, 5.74) is 6.41. The van der Waals surface area contributed by atoms with Gasteiger partial charge in [0.2, 0.25) is 5.91 Å². The average Bonchev–Trinajstić information content (AvgIpc) is 2.43. The largest absolute Gasteiger partial charge is 0.369 e. The van der Waals surface area contributed by atoms with Crippen LogP contribution in [0.2, 0.25) is 0 Å². The highest BCUT2D eigenvalue weighted by molar-refractivity contribution is 5.85. The molecule has 0 aliphatic carbocycles. The first-order chi connectivity index (χ1) is 9.22. The Morgan fingerprint density at radius 3 is 2.68 bits per heavy atom. The molecule has 0 saturated heterocycles. The van der Waals surface area contributed by atoms with Crippen molar-refractivity contribution in [1.29, 1.82) is 5.26 Å². The molecule has 0 aliphatic rings. The van der Waals surface area contributed by atoms with Gasteiger partial charge in [-0.2, -0.15) is 5.26 Å². The number of carbonyl (C=O) groups is 1. The number of amides is 1. The van der Waals surface area contributed by atoms with E-state index < -0.39 is 11.8 Å². The van der Waals surface area contributed by atoms with Gasteiger partial charge in [0, 0.05) is 0 Å². The van der Waals surface area contributed by atoms with Crippen molar-refractivity contribution in [2.45, 2.75) is 19.3 Å². The molecule has 0 heterocycles. The van der Waals surface area contributed by atoms with E-state index in [1.54, 1.807) is 0 Å². The van der Waals surface area contributed by atoms with E-state index in [2.05, 4.69) is 24.3 Å². The quantitative estimate of drug-likeness (QED) is 0.889. The lowest BCUT2D eigenvalue weighted by atomic mass is 9.97.